The molecule has 0 saturated heterocycles. The second kappa shape index (κ2) is 7.81. The first-order valence-corrected chi connectivity index (χ1v) is 7.25. The Hall–Kier alpha value is -3.17. The number of hydrazine groups is 1. The van der Waals surface area contributed by atoms with Crippen molar-refractivity contribution < 1.29 is 27.2 Å². The van der Waals surface area contributed by atoms with E-state index in [1.165, 1.54) is 24.3 Å². The summed E-state index contributed by atoms with van der Waals surface area (Å²) in [6.07, 6.45) is -3.96. The summed E-state index contributed by atoms with van der Waals surface area (Å²) in [4.78, 5) is 35.1. The van der Waals surface area contributed by atoms with Crippen molar-refractivity contribution in [3.05, 3.63) is 69.9 Å². The highest BCUT2D eigenvalue weighted by atomic mass is 19.4. The van der Waals surface area contributed by atoms with Crippen LogP contribution in [0.5, 0.6) is 0 Å². The van der Waals surface area contributed by atoms with E-state index >= 15 is 0 Å². The van der Waals surface area contributed by atoms with Gasteiger partial charge < -0.3 is 4.57 Å². The van der Waals surface area contributed by atoms with Gasteiger partial charge in [0.1, 0.15) is 17.9 Å². The lowest BCUT2D eigenvalue weighted by Gasteiger charge is -2.11. The summed E-state index contributed by atoms with van der Waals surface area (Å²) in [6, 6.07) is 6.71. The SMILES string of the molecule is O=C(Cc1ccc(F)cc1)NNC(=O)Cn1cccc(C(F)(F)F)c1=O. The monoisotopic (exact) mass is 371 g/mol. The number of benzene rings is 1. The van der Waals surface area contributed by atoms with E-state index in [1.807, 2.05) is 5.43 Å². The number of pyridine rings is 1. The molecular formula is C16H13F4N3O3. The van der Waals surface area contributed by atoms with Gasteiger partial charge in [0.2, 0.25) is 5.91 Å². The minimum atomic E-state index is -4.83. The molecule has 2 N–H and O–H groups in total. The molecule has 0 saturated carbocycles. The van der Waals surface area contributed by atoms with E-state index in [9.17, 15) is 31.9 Å². The van der Waals surface area contributed by atoms with Gasteiger partial charge in [-0.05, 0) is 29.8 Å². The molecule has 2 aromatic rings. The number of carbonyl (C=O) groups is 2. The number of hydrogen-bond acceptors (Lipinski definition) is 3. The largest absolute Gasteiger partial charge is 0.421 e. The standard InChI is InChI=1S/C16H13F4N3O3/c17-11-5-3-10(4-6-11)8-13(24)21-22-14(25)9-23-7-1-2-12(15(23)26)16(18,19)20/h1-7H,8-9H2,(H,21,24)(H,22,25). The molecule has 138 valence electrons. The number of rotatable bonds is 4. The van der Waals surface area contributed by atoms with Gasteiger partial charge in [0.25, 0.3) is 11.5 Å². The number of halogens is 4. The van der Waals surface area contributed by atoms with Crippen molar-refractivity contribution in [3.8, 4) is 0 Å². The van der Waals surface area contributed by atoms with Gasteiger partial charge in [-0.2, -0.15) is 13.2 Å². The van der Waals surface area contributed by atoms with Crippen LogP contribution in [-0.2, 0) is 28.7 Å². The Kier molecular flexibility index (Phi) is 5.75. The molecule has 26 heavy (non-hydrogen) atoms. The summed E-state index contributed by atoms with van der Waals surface area (Å²) in [5, 5.41) is 0. The zero-order valence-corrected chi connectivity index (χ0v) is 13.1. The number of amides is 2. The van der Waals surface area contributed by atoms with Crippen molar-refractivity contribution in [2.24, 2.45) is 0 Å². The summed E-state index contributed by atoms with van der Waals surface area (Å²) in [5.74, 6) is -1.98. The highest BCUT2D eigenvalue weighted by Crippen LogP contribution is 2.25. The maximum Gasteiger partial charge on any atom is 0.421 e. The molecule has 10 heteroatoms. The molecule has 0 unspecified atom stereocenters. The van der Waals surface area contributed by atoms with Crippen LogP contribution in [0.25, 0.3) is 0 Å². The average molecular weight is 371 g/mol. The van der Waals surface area contributed by atoms with Gasteiger partial charge in [0.05, 0.1) is 6.42 Å². The normalized spacial score (nSPS) is 11.1. The number of nitrogens with one attached hydrogen (secondary N) is 2. The van der Waals surface area contributed by atoms with E-state index in [-0.39, 0.29) is 6.42 Å². The van der Waals surface area contributed by atoms with Crippen LogP contribution in [0, 0.1) is 5.82 Å². The molecule has 0 aliphatic carbocycles. The van der Waals surface area contributed by atoms with Gasteiger partial charge >= 0.3 is 6.18 Å². The van der Waals surface area contributed by atoms with Crippen molar-refractivity contribution in [2.75, 3.05) is 0 Å². The van der Waals surface area contributed by atoms with Crippen LogP contribution in [-0.4, -0.2) is 16.4 Å². The summed E-state index contributed by atoms with van der Waals surface area (Å²) in [7, 11) is 0. The Balaban J connectivity index is 1.92. The molecule has 0 radical (unpaired) electrons. The number of hydrogen-bond donors (Lipinski definition) is 2. The summed E-state index contributed by atoms with van der Waals surface area (Å²) >= 11 is 0. The minimum Gasteiger partial charge on any atom is -0.306 e. The van der Waals surface area contributed by atoms with Crippen LogP contribution in [0.2, 0.25) is 0 Å². The van der Waals surface area contributed by atoms with E-state index in [1.54, 1.807) is 0 Å². The van der Waals surface area contributed by atoms with E-state index < -0.39 is 41.5 Å². The van der Waals surface area contributed by atoms with Gasteiger partial charge in [-0.3, -0.25) is 25.2 Å². The molecule has 1 aromatic carbocycles. The lowest BCUT2D eigenvalue weighted by Crippen LogP contribution is -2.45. The predicted octanol–water partition coefficient (Wildman–Crippen LogP) is 1.40. The second-order valence-corrected chi connectivity index (χ2v) is 5.25. The van der Waals surface area contributed by atoms with Gasteiger partial charge in [0.15, 0.2) is 0 Å². The smallest absolute Gasteiger partial charge is 0.306 e. The maximum absolute atomic E-state index is 12.8. The van der Waals surface area contributed by atoms with Crippen LogP contribution >= 0.6 is 0 Å². The fourth-order valence-corrected chi connectivity index (χ4v) is 2.04. The van der Waals surface area contributed by atoms with Gasteiger partial charge in [0, 0.05) is 6.20 Å². The first kappa shape index (κ1) is 19.2. The quantitative estimate of drug-likeness (QED) is 0.630. The van der Waals surface area contributed by atoms with Crippen molar-refractivity contribution in [1.29, 1.82) is 0 Å². The van der Waals surface area contributed by atoms with Crippen molar-refractivity contribution in [2.45, 2.75) is 19.1 Å². The van der Waals surface area contributed by atoms with Crippen LogP contribution in [0.15, 0.2) is 47.4 Å². The van der Waals surface area contributed by atoms with E-state index in [4.69, 9.17) is 0 Å². The number of carbonyl (C=O) groups excluding carboxylic acids is 2. The molecule has 2 amide bonds. The Labute approximate surface area is 144 Å². The van der Waals surface area contributed by atoms with Crippen molar-refractivity contribution in [1.82, 2.24) is 15.4 Å². The molecular weight excluding hydrogens is 358 g/mol. The molecule has 0 fully saturated rings. The Morgan fingerprint density at radius 2 is 1.62 bits per heavy atom. The fourth-order valence-electron chi connectivity index (χ4n) is 2.04. The average Bonchev–Trinajstić information content (AvgIpc) is 2.56. The van der Waals surface area contributed by atoms with E-state index in [0.29, 0.717) is 16.2 Å². The fraction of sp³-hybridized carbons (Fsp3) is 0.188. The third-order valence-corrected chi connectivity index (χ3v) is 3.26. The zero-order chi connectivity index (χ0) is 19.3. The lowest BCUT2D eigenvalue weighted by molar-refractivity contribution is -0.139. The van der Waals surface area contributed by atoms with E-state index in [2.05, 4.69) is 5.43 Å². The zero-order valence-electron chi connectivity index (χ0n) is 13.1. The first-order chi connectivity index (χ1) is 12.2. The molecule has 2 rings (SSSR count). The Bertz CT molecular complexity index is 860. The third kappa shape index (κ3) is 5.16. The predicted molar refractivity (Wildman–Crippen MR) is 82.1 cm³/mol. The molecule has 1 heterocycles. The highest BCUT2D eigenvalue weighted by molar-refractivity contribution is 5.83. The molecule has 6 nitrogen and oxygen atoms in total. The number of aromatic nitrogens is 1. The number of nitrogens with zero attached hydrogens (tertiary/aromatic N) is 1. The maximum atomic E-state index is 12.8. The van der Waals surface area contributed by atoms with Crippen molar-refractivity contribution in [3.63, 3.8) is 0 Å². The Morgan fingerprint density at radius 3 is 2.23 bits per heavy atom. The molecule has 1 aromatic heterocycles. The minimum absolute atomic E-state index is 0.149. The van der Waals surface area contributed by atoms with Gasteiger partial charge in [-0.1, -0.05) is 12.1 Å². The summed E-state index contributed by atoms with van der Waals surface area (Å²) in [5.41, 5.74) is 1.78. The molecule has 0 spiro atoms. The molecule has 0 aliphatic rings. The van der Waals surface area contributed by atoms with Gasteiger partial charge in [-0.15, -0.1) is 0 Å². The third-order valence-electron chi connectivity index (χ3n) is 3.26. The topological polar surface area (TPSA) is 80.2 Å². The van der Waals surface area contributed by atoms with Crippen molar-refractivity contribution >= 4 is 11.8 Å². The Morgan fingerprint density at radius 1 is 1.00 bits per heavy atom. The van der Waals surface area contributed by atoms with Crippen LogP contribution in [0.4, 0.5) is 17.6 Å². The van der Waals surface area contributed by atoms with Crippen LogP contribution < -0.4 is 16.4 Å². The first-order valence-electron chi connectivity index (χ1n) is 7.25. The molecule has 0 atom stereocenters. The van der Waals surface area contributed by atoms with Gasteiger partial charge in [-0.25, -0.2) is 4.39 Å². The summed E-state index contributed by atoms with van der Waals surface area (Å²) in [6.45, 7) is -0.709. The summed E-state index contributed by atoms with van der Waals surface area (Å²) < 4.78 is 51.3. The highest BCUT2D eigenvalue weighted by Gasteiger charge is 2.34. The lowest BCUT2D eigenvalue weighted by atomic mass is 10.1. The van der Waals surface area contributed by atoms with E-state index in [0.717, 1.165) is 12.3 Å². The number of alkyl halides is 3. The molecule has 0 bridgehead atoms. The van der Waals surface area contributed by atoms with Crippen LogP contribution in [0.3, 0.4) is 0 Å². The van der Waals surface area contributed by atoms with Crippen LogP contribution in [0.1, 0.15) is 11.1 Å². The second-order valence-electron chi connectivity index (χ2n) is 5.25. The molecule has 0 aliphatic heterocycles.